The summed E-state index contributed by atoms with van der Waals surface area (Å²) in [5.74, 6) is 0. The number of rotatable bonds is 8. The molecule has 5 nitrogen and oxygen atoms in total. The monoisotopic (exact) mass is 1110 g/mol. The van der Waals surface area contributed by atoms with Crippen LogP contribution in [-0.4, -0.2) is 13.7 Å². The number of benzene rings is 9. The molecule has 422 valence electrons. The largest absolute Gasteiger partial charge is 0.455 e. The molecule has 1 aromatic heterocycles. The van der Waals surface area contributed by atoms with Crippen molar-refractivity contribution in [2.75, 3.05) is 19.4 Å². The van der Waals surface area contributed by atoms with Crippen LogP contribution >= 0.6 is 0 Å². The molecule has 0 saturated heterocycles. The summed E-state index contributed by atoms with van der Waals surface area (Å²) < 4.78 is 6.68. The molecule has 0 saturated carbocycles. The minimum Gasteiger partial charge on any atom is -0.455 e. The number of hydrogen-bond acceptors (Lipinski definition) is 5. The van der Waals surface area contributed by atoms with Gasteiger partial charge in [-0.3, -0.25) is 0 Å². The molecule has 0 amide bonds. The van der Waals surface area contributed by atoms with E-state index in [1.807, 2.05) is 6.08 Å². The van der Waals surface area contributed by atoms with Crippen molar-refractivity contribution >= 4 is 109 Å². The smallest absolute Gasteiger partial charge is 0.421 e. The highest BCUT2D eigenvalue weighted by molar-refractivity contribution is 7.00. The first-order valence-electron chi connectivity index (χ1n) is 30.5. The van der Waals surface area contributed by atoms with Crippen molar-refractivity contribution in [1.29, 1.82) is 0 Å². The van der Waals surface area contributed by atoms with Crippen LogP contribution in [0.5, 0.6) is 0 Å². The van der Waals surface area contributed by atoms with Crippen LogP contribution in [0.15, 0.2) is 205 Å². The first-order valence-corrected chi connectivity index (χ1v) is 30.5. The molecule has 85 heavy (non-hydrogen) atoms. The van der Waals surface area contributed by atoms with Crippen molar-refractivity contribution in [2.24, 2.45) is 0 Å². The first kappa shape index (κ1) is 55.5. The molecule has 3 aliphatic rings. The minimum atomic E-state index is -0.242. The highest BCUT2D eigenvalue weighted by atomic mass is 16.3. The summed E-state index contributed by atoms with van der Waals surface area (Å²) in [6, 6.07) is 62.5. The average Bonchev–Trinajstić information content (AvgIpc) is 1.68. The minimum absolute atomic E-state index is 0.0179. The van der Waals surface area contributed by atoms with Crippen LogP contribution in [0, 0.1) is 34.6 Å². The Balaban J connectivity index is 1.11. The maximum Gasteiger partial charge on any atom is 0.421 e. The summed E-state index contributed by atoms with van der Waals surface area (Å²) in [5, 5.41) is 2.27. The summed E-state index contributed by atoms with van der Waals surface area (Å²) in [6.07, 6.45) is 8.54. The Bertz CT molecular complexity index is 4380. The van der Waals surface area contributed by atoms with Crippen molar-refractivity contribution in [3.63, 3.8) is 0 Å². The Morgan fingerprint density at radius 2 is 1.11 bits per heavy atom. The Morgan fingerprint density at radius 3 is 1.75 bits per heavy atom. The number of anilines is 9. The maximum absolute atomic E-state index is 6.68. The lowest BCUT2D eigenvalue weighted by atomic mass is 9.33. The Labute approximate surface area is 505 Å². The molecule has 0 fully saturated rings. The van der Waals surface area contributed by atoms with Gasteiger partial charge >= 0.3 is 6.98 Å². The first-order chi connectivity index (χ1) is 40.5. The van der Waals surface area contributed by atoms with Gasteiger partial charge in [-0.05, 0) is 204 Å². The lowest BCUT2D eigenvalue weighted by molar-refractivity contribution is 0.589. The van der Waals surface area contributed by atoms with Gasteiger partial charge in [0, 0.05) is 56.2 Å². The number of aryl methyl sites for hydroxylation is 5. The molecule has 3 aliphatic heterocycles. The fraction of sp³-hybridized carbons (Fsp3) is 0.231. The van der Waals surface area contributed by atoms with Crippen LogP contribution in [0.3, 0.4) is 0 Å². The van der Waals surface area contributed by atoms with Crippen molar-refractivity contribution in [3.05, 3.63) is 245 Å². The predicted octanol–water partition coefficient (Wildman–Crippen LogP) is 18.8. The standard InChI is InChI=1S/C78H78B2N4O/c1-17-25-58(26-18-2)83-68-47-66-64(46-67(68)84(59-27-20-19-21-28-59)80(83)72-49(4)43-56(44-50(72)5)78(14,15)16)79-63-38-35-55(77(11,12)13)45-65(63)82(70-40-48(3)39-69(73(70)79)81(66)57-36-33-54(34-37-57)76(8,9)10)74-51(6)41-53(42-52(74)7)60-30-24-31-62-61-29-22-23-32-71(61)85-75(60)62/h17-47H,1H2,2-16H3/b26-18-,58-25+. The molecule has 7 heteroatoms. The molecule has 0 aliphatic carbocycles. The van der Waals surface area contributed by atoms with Crippen LogP contribution in [0.4, 0.5) is 51.2 Å². The van der Waals surface area contributed by atoms with Crippen LogP contribution < -0.4 is 41.3 Å². The summed E-state index contributed by atoms with van der Waals surface area (Å²) in [6.45, 7) is 38.5. The zero-order chi connectivity index (χ0) is 59.8. The highest BCUT2D eigenvalue weighted by Gasteiger charge is 2.50. The molecule has 0 unspecified atom stereocenters. The number of furan rings is 1. The molecular weight excluding hydrogens is 1030 g/mol. The third-order valence-electron chi connectivity index (χ3n) is 18.3. The molecule has 0 spiro atoms. The van der Waals surface area contributed by atoms with E-state index >= 15 is 0 Å². The van der Waals surface area contributed by atoms with Gasteiger partial charge in [-0.25, -0.2) is 0 Å². The van der Waals surface area contributed by atoms with E-state index in [2.05, 4.69) is 312 Å². The second kappa shape index (κ2) is 20.3. The molecule has 4 heterocycles. The third-order valence-corrected chi connectivity index (χ3v) is 18.3. The van der Waals surface area contributed by atoms with Crippen molar-refractivity contribution in [2.45, 2.75) is 120 Å². The van der Waals surface area contributed by atoms with E-state index < -0.39 is 0 Å². The van der Waals surface area contributed by atoms with Gasteiger partial charge in [-0.15, -0.1) is 0 Å². The van der Waals surface area contributed by atoms with Crippen molar-refractivity contribution < 1.29 is 4.42 Å². The van der Waals surface area contributed by atoms with E-state index in [1.165, 1.54) is 94.8 Å². The molecule has 0 N–H and O–H groups in total. The number of fused-ring (bicyclic) bond motifs is 8. The fourth-order valence-electron chi connectivity index (χ4n) is 14.2. The summed E-state index contributed by atoms with van der Waals surface area (Å²) in [7, 11) is 0. The van der Waals surface area contributed by atoms with Gasteiger partial charge < -0.3 is 23.8 Å². The maximum atomic E-state index is 6.68. The van der Waals surface area contributed by atoms with Gasteiger partial charge in [0.1, 0.15) is 11.2 Å². The van der Waals surface area contributed by atoms with E-state index in [-0.39, 0.29) is 29.9 Å². The van der Waals surface area contributed by atoms with Gasteiger partial charge in [0.15, 0.2) is 0 Å². The molecule has 0 atom stereocenters. The Hall–Kier alpha value is -8.67. The molecule has 9 aromatic carbocycles. The zero-order valence-corrected chi connectivity index (χ0v) is 52.5. The van der Waals surface area contributed by atoms with Crippen molar-refractivity contribution in [1.82, 2.24) is 0 Å². The lowest BCUT2D eigenvalue weighted by Crippen LogP contribution is -2.61. The Kier molecular flexibility index (Phi) is 13.2. The second-order valence-electron chi connectivity index (χ2n) is 27.3. The van der Waals surface area contributed by atoms with Gasteiger partial charge in [0.2, 0.25) is 0 Å². The van der Waals surface area contributed by atoms with Gasteiger partial charge in [-0.1, -0.05) is 183 Å². The van der Waals surface area contributed by atoms with Crippen LogP contribution in [0.1, 0.15) is 114 Å². The van der Waals surface area contributed by atoms with E-state index in [4.69, 9.17) is 4.42 Å². The topological polar surface area (TPSA) is 26.1 Å². The molecule has 13 rings (SSSR count). The number of allylic oxidation sites excluding steroid dienone is 4. The van der Waals surface area contributed by atoms with Gasteiger partial charge in [0.25, 0.3) is 6.71 Å². The quantitative estimate of drug-likeness (QED) is 0.112. The Morgan fingerprint density at radius 1 is 0.494 bits per heavy atom. The summed E-state index contributed by atoms with van der Waals surface area (Å²) >= 11 is 0. The molecule has 0 bridgehead atoms. The molecule has 10 aromatic rings. The fourth-order valence-corrected chi connectivity index (χ4v) is 14.2. The average molecular weight is 1110 g/mol. The van der Waals surface area contributed by atoms with E-state index in [0.717, 1.165) is 61.5 Å². The van der Waals surface area contributed by atoms with E-state index in [1.54, 1.807) is 0 Å². The number of para-hydroxylation sites is 3. The number of hydrogen-bond donors (Lipinski definition) is 0. The van der Waals surface area contributed by atoms with Crippen LogP contribution in [-0.2, 0) is 16.2 Å². The summed E-state index contributed by atoms with van der Waals surface area (Å²) in [4.78, 5) is 10.4. The predicted molar refractivity (Wildman–Crippen MR) is 369 cm³/mol. The molecular formula is C78H78B2N4O. The highest BCUT2D eigenvalue weighted by Crippen LogP contribution is 2.53. The lowest BCUT2D eigenvalue weighted by Gasteiger charge is -2.45. The SMILES string of the molecule is C=C/C=C(\C=C/C)N1B(c2c(C)cc(C(C)(C)C)cc2C)N(c2ccccc2)c2cc3c(cc21)N(c1ccc(C(C)(C)C)cc1)c1cc(C)cc2c1B3c1ccc(C(C)(C)C)cc1N2c1c(C)cc(-c2cccc3c2oc2ccccc23)cc1C. The number of nitrogens with zero attached hydrogens (tertiary/aromatic N) is 4. The second-order valence-corrected chi connectivity index (χ2v) is 27.3. The van der Waals surface area contributed by atoms with Crippen molar-refractivity contribution in [3.8, 4) is 11.1 Å². The van der Waals surface area contributed by atoms with E-state index in [0.29, 0.717) is 0 Å². The third kappa shape index (κ3) is 9.07. The molecule has 0 radical (unpaired) electrons. The normalized spacial score (nSPS) is 14.2. The van der Waals surface area contributed by atoms with E-state index in [9.17, 15) is 0 Å². The zero-order valence-electron chi connectivity index (χ0n) is 52.5. The van der Waals surface area contributed by atoms with Gasteiger partial charge in [-0.2, -0.15) is 0 Å². The van der Waals surface area contributed by atoms with Gasteiger partial charge in [0.05, 0.1) is 17.1 Å². The summed E-state index contributed by atoms with van der Waals surface area (Å²) in [5.41, 5.74) is 30.7. The van der Waals surface area contributed by atoms with Crippen LogP contribution in [0.25, 0.3) is 33.1 Å². The van der Waals surface area contributed by atoms with Crippen LogP contribution in [0.2, 0.25) is 0 Å².